The van der Waals surface area contributed by atoms with Crippen LogP contribution in [0.1, 0.15) is 12.5 Å². The third kappa shape index (κ3) is 6.71. The molecule has 1 amide bonds. The number of sulfonamides is 1. The van der Waals surface area contributed by atoms with Crippen LogP contribution < -0.4 is 19.5 Å². The van der Waals surface area contributed by atoms with E-state index in [-0.39, 0.29) is 22.1 Å². The Bertz CT molecular complexity index is 1190. The Labute approximate surface area is 198 Å². The molecule has 2 N–H and O–H groups in total. The number of benzene rings is 3. The van der Waals surface area contributed by atoms with Gasteiger partial charge in [0.25, 0.3) is 0 Å². The molecule has 3 aromatic carbocycles. The van der Waals surface area contributed by atoms with E-state index in [9.17, 15) is 13.2 Å². The highest BCUT2D eigenvalue weighted by atomic mass is 35.5. The van der Waals surface area contributed by atoms with E-state index in [1.54, 1.807) is 24.3 Å². The number of anilines is 1. The minimum Gasteiger partial charge on any atom is -0.495 e. The zero-order valence-corrected chi connectivity index (χ0v) is 19.8. The van der Waals surface area contributed by atoms with E-state index in [0.717, 1.165) is 5.56 Å². The van der Waals surface area contributed by atoms with Gasteiger partial charge in [0.05, 0.1) is 13.7 Å². The molecule has 0 fully saturated rings. The smallest absolute Gasteiger partial charge is 0.245 e. The van der Waals surface area contributed by atoms with Gasteiger partial charge in [-0.2, -0.15) is 4.72 Å². The normalized spacial score (nSPS) is 12.1. The molecule has 1 atom stereocenters. The van der Waals surface area contributed by atoms with Crippen LogP contribution in [-0.4, -0.2) is 34.1 Å². The molecule has 9 heteroatoms. The first-order valence-corrected chi connectivity index (χ1v) is 12.1. The molecule has 33 heavy (non-hydrogen) atoms. The predicted molar refractivity (Wildman–Crippen MR) is 129 cm³/mol. The number of halogens is 1. The Morgan fingerprint density at radius 2 is 1.73 bits per heavy atom. The number of rotatable bonds is 10. The molecule has 0 aliphatic heterocycles. The summed E-state index contributed by atoms with van der Waals surface area (Å²) in [6.45, 7) is 2.41. The van der Waals surface area contributed by atoms with Gasteiger partial charge in [-0.3, -0.25) is 4.79 Å². The van der Waals surface area contributed by atoms with Crippen molar-refractivity contribution in [2.75, 3.05) is 19.0 Å². The number of methoxy groups -OCH3 is 1. The molecule has 0 aliphatic carbocycles. The number of amides is 1. The van der Waals surface area contributed by atoms with Crippen LogP contribution in [0.15, 0.2) is 77.7 Å². The number of nitrogens with one attached hydrogen (secondary N) is 2. The van der Waals surface area contributed by atoms with Gasteiger partial charge in [0.2, 0.25) is 15.9 Å². The summed E-state index contributed by atoms with van der Waals surface area (Å²) in [5.41, 5.74) is 1.31. The van der Waals surface area contributed by atoms with Crippen LogP contribution in [0.2, 0.25) is 5.02 Å². The molecule has 3 rings (SSSR count). The van der Waals surface area contributed by atoms with Gasteiger partial charge in [-0.1, -0.05) is 41.9 Å². The summed E-state index contributed by atoms with van der Waals surface area (Å²) in [6, 6.07) is 19.2. The summed E-state index contributed by atoms with van der Waals surface area (Å²) in [7, 11) is -2.77. The lowest BCUT2D eigenvalue weighted by Crippen LogP contribution is -2.45. The lowest BCUT2D eigenvalue weighted by molar-refractivity contribution is -0.117. The molecule has 0 saturated heterocycles. The number of hydrogen-bond acceptors (Lipinski definition) is 5. The predicted octanol–water partition coefficient (Wildman–Crippen LogP) is 4.28. The fourth-order valence-corrected chi connectivity index (χ4v) is 4.81. The molecule has 7 nitrogen and oxygen atoms in total. The lowest BCUT2D eigenvalue weighted by Gasteiger charge is -2.20. The van der Waals surface area contributed by atoms with Gasteiger partial charge >= 0.3 is 0 Å². The summed E-state index contributed by atoms with van der Waals surface area (Å²) in [5.74, 6) is 0.287. The molecule has 3 aromatic rings. The zero-order valence-electron chi connectivity index (χ0n) is 18.2. The molecular formula is C24H25ClN2O5S. The van der Waals surface area contributed by atoms with Crippen molar-refractivity contribution >= 4 is 33.2 Å². The summed E-state index contributed by atoms with van der Waals surface area (Å²) in [5, 5.41) is 3.00. The Morgan fingerprint density at radius 1 is 1.03 bits per heavy atom. The number of hydrogen-bond donors (Lipinski definition) is 2. The molecule has 1 unspecified atom stereocenters. The van der Waals surface area contributed by atoms with Gasteiger partial charge in [0.1, 0.15) is 22.4 Å². The maximum atomic E-state index is 13.2. The zero-order chi connectivity index (χ0) is 23.8. The molecule has 0 aromatic heterocycles. The van der Waals surface area contributed by atoms with Gasteiger partial charge in [-0.15, -0.1) is 0 Å². The number of ether oxygens (including phenoxy) is 2. The monoisotopic (exact) mass is 488 g/mol. The summed E-state index contributed by atoms with van der Waals surface area (Å²) in [4.78, 5) is 13.0. The van der Waals surface area contributed by atoms with Crippen LogP contribution >= 0.6 is 11.6 Å². The maximum Gasteiger partial charge on any atom is 0.245 e. The van der Waals surface area contributed by atoms with Crippen LogP contribution in [-0.2, 0) is 21.2 Å². The van der Waals surface area contributed by atoms with Crippen LogP contribution in [0.25, 0.3) is 0 Å². The van der Waals surface area contributed by atoms with Gasteiger partial charge < -0.3 is 14.8 Å². The topological polar surface area (TPSA) is 93.7 Å². The second kappa shape index (κ2) is 11.2. The van der Waals surface area contributed by atoms with E-state index in [2.05, 4.69) is 10.0 Å². The second-order valence-electron chi connectivity index (χ2n) is 7.11. The second-order valence-corrected chi connectivity index (χ2v) is 9.22. The Balaban J connectivity index is 1.87. The van der Waals surface area contributed by atoms with Crippen molar-refractivity contribution in [1.29, 1.82) is 0 Å². The quantitative estimate of drug-likeness (QED) is 0.444. The minimum absolute atomic E-state index is 0.122. The van der Waals surface area contributed by atoms with E-state index in [0.29, 0.717) is 18.0 Å². The molecule has 174 valence electrons. The van der Waals surface area contributed by atoms with E-state index < -0.39 is 22.0 Å². The van der Waals surface area contributed by atoms with Crippen molar-refractivity contribution < 1.29 is 22.7 Å². The molecular weight excluding hydrogens is 464 g/mol. The third-order valence-electron chi connectivity index (χ3n) is 4.74. The van der Waals surface area contributed by atoms with Gasteiger partial charge in [-0.05, 0) is 61.4 Å². The van der Waals surface area contributed by atoms with Gasteiger partial charge in [0, 0.05) is 10.7 Å². The minimum atomic E-state index is -4.14. The van der Waals surface area contributed by atoms with Crippen LogP contribution in [0.3, 0.4) is 0 Å². The van der Waals surface area contributed by atoms with Crippen molar-refractivity contribution in [3.8, 4) is 11.5 Å². The van der Waals surface area contributed by atoms with Crippen molar-refractivity contribution in [3.05, 3.63) is 83.4 Å². The molecule has 0 spiro atoms. The Morgan fingerprint density at radius 3 is 2.36 bits per heavy atom. The fraction of sp³-hybridized carbons (Fsp3) is 0.208. The number of carbonyl (C=O) groups is 1. The SMILES string of the molecule is CCOc1ccc(NC(=O)C(Cc2ccccc2)NS(=O)(=O)c2cc(Cl)ccc2OC)cc1. The highest BCUT2D eigenvalue weighted by molar-refractivity contribution is 7.89. The van der Waals surface area contributed by atoms with Crippen molar-refractivity contribution in [1.82, 2.24) is 4.72 Å². The summed E-state index contributed by atoms with van der Waals surface area (Å²) < 4.78 is 39.5. The van der Waals surface area contributed by atoms with Crippen LogP contribution in [0, 0.1) is 0 Å². The standard InChI is InChI=1S/C24H25ClN2O5S/c1-3-32-20-12-10-19(11-13-20)26-24(28)21(15-17-7-5-4-6-8-17)27-33(29,30)23-16-18(25)9-14-22(23)31-2/h4-14,16,21,27H,3,15H2,1-2H3,(H,26,28). The largest absolute Gasteiger partial charge is 0.495 e. The molecule has 0 bridgehead atoms. The summed E-state index contributed by atoms with van der Waals surface area (Å²) >= 11 is 6.01. The van der Waals surface area contributed by atoms with Crippen molar-refractivity contribution in [2.24, 2.45) is 0 Å². The average molecular weight is 489 g/mol. The van der Waals surface area contributed by atoms with E-state index in [1.807, 2.05) is 37.3 Å². The summed E-state index contributed by atoms with van der Waals surface area (Å²) in [6.07, 6.45) is 0.145. The fourth-order valence-electron chi connectivity index (χ4n) is 3.18. The molecule has 0 radical (unpaired) electrons. The molecule has 0 heterocycles. The Kier molecular flexibility index (Phi) is 8.32. The van der Waals surface area contributed by atoms with Crippen molar-refractivity contribution in [2.45, 2.75) is 24.3 Å². The van der Waals surface area contributed by atoms with E-state index in [4.69, 9.17) is 21.1 Å². The molecule has 0 saturated carbocycles. The van der Waals surface area contributed by atoms with Crippen LogP contribution in [0.4, 0.5) is 5.69 Å². The number of carbonyl (C=O) groups excluding carboxylic acids is 1. The average Bonchev–Trinajstić information content (AvgIpc) is 2.80. The van der Waals surface area contributed by atoms with E-state index >= 15 is 0 Å². The van der Waals surface area contributed by atoms with Crippen molar-refractivity contribution in [3.63, 3.8) is 0 Å². The van der Waals surface area contributed by atoms with Gasteiger partial charge in [0.15, 0.2) is 0 Å². The third-order valence-corrected chi connectivity index (χ3v) is 6.47. The molecule has 0 aliphatic rings. The van der Waals surface area contributed by atoms with Gasteiger partial charge in [-0.25, -0.2) is 8.42 Å². The van der Waals surface area contributed by atoms with E-state index in [1.165, 1.54) is 25.3 Å². The Hall–Kier alpha value is -3.07. The maximum absolute atomic E-state index is 13.2. The highest BCUT2D eigenvalue weighted by Gasteiger charge is 2.28. The first-order valence-electron chi connectivity index (χ1n) is 10.3. The first-order chi connectivity index (χ1) is 15.8. The first kappa shape index (κ1) is 24.6. The lowest BCUT2D eigenvalue weighted by atomic mass is 10.1. The van der Waals surface area contributed by atoms with Crippen LogP contribution in [0.5, 0.6) is 11.5 Å². The highest BCUT2D eigenvalue weighted by Crippen LogP contribution is 2.27.